The number of hydrogen-bond donors (Lipinski definition) is 2. The summed E-state index contributed by atoms with van der Waals surface area (Å²) >= 11 is 0. The van der Waals surface area contributed by atoms with Gasteiger partial charge < -0.3 is 15.4 Å². The van der Waals surface area contributed by atoms with Crippen LogP contribution in [0.25, 0.3) is 0 Å². The van der Waals surface area contributed by atoms with Gasteiger partial charge in [-0.15, -0.1) is 0 Å². The fourth-order valence-corrected chi connectivity index (χ4v) is 1.83. The van der Waals surface area contributed by atoms with Gasteiger partial charge in [0.2, 0.25) is 0 Å². The van der Waals surface area contributed by atoms with E-state index in [1.807, 2.05) is 31.3 Å². The van der Waals surface area contributed by atoms with Crippen LogP contribution in [0.3, 0.4) is 0 Å². The quantitative estimate of drug-likeness (QED) is 0.831. The predicted molar refractivity (Wildman–Crippen MR) is 76.8 cm³/mol. The fourth-order valence-electron chi connectivity index (χ4n) is 1.83. The van der Waals surface area contributed by atoms with Gasteiger partial charge in [-0.25, -0.2) is 9.97 Å². The van der Waals surface area contributed by atoms with Gasteiger partial charge in [0.25, 0.3) is 0 Å². The minimum Gasteiger partial charge on any atom is -0.496 e. The van der Waals surface area contributed by atoms with Gasteiger partial charge in [-0.05, 0) is 18.1 Å². The van der Waals surface area contributed by atoms with E-state index < -0.39 is 0 Å². The lowest BCUT2D eigenvalue weighted by molar-refractivity contribution is 0.410. The van der Waals surface area contributed by atoms with Crippen LogP contribution in [0.4, 0.5) is 11.6 Å². The Kier molecular flexibility index (Phi) is 4.55. The molecule has 5 nitrogen and oxygen atoms in total. The Morgan fingerprint density at radius 3 is 2.74 bits per heavy atom. The lowest BCUT2D eigenvalue weighted by atomic mass is 10.1. The highest BCUT2D eigenvalue weighted by molar-refractivity contribution is 5.46. The maximum Gasteiger partial charge on any atom is 0.131 e. The van der Waals surface area contributed by atoms with Crippen LogP contribution >= 0.6 is 0 Å². The molecule has 0 amide bonds. The second-order valence-electron chi connectivity index (χ2n) is 4.03. The predicted octanol–water partition coefficient (Wildman–Crippen LogP) is 2.18. The van der Waals surface area contributed by atoms with Crippen molar-refractivity contribution in [3.05, 3.63) is 42.2 Å². The van der Waals surface area contributed by atoms with Crippen molar-refractivity contribution in [1.29, 1.82) is 0 Å². The molecule has 0 bridgehead atoms. The highest BCUT2D eigenvalue weighted by atomic mass is 16.5. The first-order valence-corrected chi connectivity index (χ1v) is 6.19. The van der Waals surface area contributed by atoms with Crippen molar-refractivity contribution in [2.24, 2.45) is 0 Å². The maximum absolute atomic E-state index is 5.32. The molecule has 0 fully saturated rings. The largest absolute Gasteiger partial charge is 0.496 e. The van der Waals surface area contributed by atoms with Crippen LogP contribution in [0.2, 0.25) is 0 Å². The normalized spacial score (nSPS) is 10.0. The molecule has 0 spiro atoms. The average molecular weight is 258 g/mol. The zero-order valence-corrected chi connectivity index (χ0v) is 11.2. The molecular weight excluding hydrogens is 240 g/mol. The molecule has 5 heteroatoms. The summed E-state index contributed by atoms with van der Waals surface area (Å²) in [5.41, 5.74) is 1.18. The fraction of sp³-hybridized carbons (Fsp3) is 0.286. The Balaban J connectivity index is 1.92. The number of nitrogens with one attached hydrogen (secondary N) is 2. The topological polar surface area (TPSA) is 59.1 Å². The van der Waals surface area contributed by atoms with Crippen molar-refractivity contribution < 1.29 is 4.74 Å². The second-order valence-corrected chi connectivity index (χ2v) is 4.03. The zero-order chi connectivity index (χ0) is 13.5. The Morgan fingerprint density at radius 1 is 1.16 bits per heavy atom. The molecule has 2 aromatic rings. The number of aromatic nitrogens is 2. The van der Waals surface area contributed by atoms with Crippen molar-refractivity contribution in [2.75, 3.05) is 31.3 Å². The Hall–Kier alpha value is -2.30. The SMILES string of the molecule is CNc1cc(NCCc2ccccc2OC)ncn1. The summed E-state index contributed by atoms with van der Waals surface area (Å²) in [5.74, 6) is 2.53. The van der Waals surface area contributed by atoms with Gasteiger partial charge in [0.1, 0.15) is 23.7 Å². The molecule has 0 radical (unpaired) electrons. The highest BCUT2D eigenvalue weighted by Gasteiger charge is 2.02. The summed E-state index contributed by atoms with van der Waals surface area (Å²) in [4.78, 5) is 8.24. The molecule has 2 rings (SSSR count). The summed E-state index contributed by atoms with van der Waals surface area (Å²) in [6, 6.07) is 9.90. The Labute approximate surface area is 113 Å². The number of methoxy groups -OCH3 is 1. The van der Waals surface area contributed by atoms with Crippen LogP contribution in [0, 0.1) is 0 Å². The van der Waals surface area contributed by atoms with Crippen LogP contribution in [0.1, 0.15) is 5.56 Å². The van der Waals surface area contributed by atoms with E-state index in [1.54, 1.807) is 7.11 Å². The van der Waals surface area contributed by atoms with E-state index in [2.05, 4.69) is 26.7 Å². The first-order valence-electron chi connectivity index (χ1n) is 6.19. The smallest absolute Gasteiger partial charge is 0.131 e. The molecular formula is C14H18N4O. The van der Waals surface area contributed by atoms with Crippen LogP contribution < -0.4 is 15.4 Å². The summed E-state index contributed by atoms with van der Waals surface area (Å²) in [7, 11) is 3.52. The third-order valence-corrected chi connectivity index (χ3v) is 2.82. The van der Waals surface area contributed by atoms with Gasteiger partial charge in [0.05, 0.1) is 7.11 Å². The second kappa shape index (κ2) is 6.58. The molecule has 1 aromatic carbocycles. The Bertz CT molecular complexity index is 530. The number of rotatable bonds is 6. The van der Waals surface area contributed by atoms with E-state index in [4.69, 9.17) is 4.74 Å². The molecule has 0 saturated heterocycles. The number of hydrogen-bond acceptors (Lipinski definition) is 5. The third kappa shape index (κ3) is 3.58. The van der Waals surface area contributed by atoms with Gasteiger partial charge in [0, 0.05) is 19.7 Å². The molecule has 0 unspecified atom stereocenters. The van der Waals surface area contributed by atoms with Crippen molar-refractivity contribution in [3.8, 4) is 5.75 Å². The minimum atomic E-state index is 0.792. The van der Waals surface area contributed by atoms with Gasteiger partial charge in [-0.2, -0.15) is 0 Å². The van der Waals surface area contributed by atoms with Crippen LogP contribution in [0.5, 0.6) is 5.75 Å². The average Bonchev–Trinajstić information content (AvgIpc) is 2.48. The molecule has 0 aliphatic carbocycles. The van der Waals surface area contributed by atoms with Crippen molar-refractivity contribution >= 4 is 11.6 Å². The number of ether oxygens (including phenoxy) is 1. The van der Waals surface area contributed by atoms with E-state index in [1.165, 1.54) is 11.9 Å². The minimum absolute atomic E-state index is 0.792. The van der Waals surface area contributed by atoms with E-state index >= 15 is 0 Å². The summed E-state index contributed by atoms with van der Waals surface area (Å²) in [6.45, 7) is 0.792. The van der Waals surface area contributed by atoms with Crippen molar-refractivity contribution in [3.63, 3.8) is 0 Å². The monoisotopic (exact) mass is 258 g/mol. The first-order chi connectivity index (χ1) is 9.33. The van der Waals surface area contributed by atoms with Crippen molar-refractivity contribution in [1.82, 2.24) is 9.97 Å². The van der Waals surface area contributed by atoms with E-state index in [9.17, 15) is 0 Å². The summed E-state index contributed by atoms with van der Waals surface area (Å²) in [6.07, 6.45) is 2.42. The first kappa shape index (κ1) is 13.1. The van der Waals surface area contributed by atoms with E-state index in [-0.39, 0.29) is 0 Å². The number of nitrogens with zero attached hydrogens (tertiary/aromatic N) is 2. The van der Waals surface area contributed by atoms with Crippen molar-refractivity contribution in [2.45, 2.75) is 6.42 Å². The number of benzene rings is 1. The molecule has 100 valence electrons. The van der Waals surface area contributed by atoms with E-state index in [0.717, 1.165) is 30.4 Å². The summed E-state index contributed by atoms with van der Waals surface area (Å²) < 4.78 is 5.32. The molecule has 2 N–H and O–H groups in total. The summed E-state index contributed by atoms with van der Waals surface area (Å²) in [5, 5.41) is 6.26. The lowest BCUT2D eigenvalue weighted by Crippen LogP contribution is -2.07. The molecule has 1 heterocycles. The maximum atomic E-state index is 5.32. The van der Waals surface area contributed by atoms with E-state index in [0.29, 0.717) is 0 Å². The molecule has 0 atom stereocenters. The molecule has 0 aliphatic rings. The Morgan fingerprint density at radius 2 is 1.95 bits per heavy atom. The van der Waals surface area contributed by atoms with Gasteiger partial charge in [-0.3, -0.25) is 0 Å². The van der Waals surface area contributed by atoms with Gasteiger partial charge in [0.15, 0.2) is 0 Å². The molecule has 1 aromatic heterocycles. The molecule has 0 saturated carbocycles. The number of anilines is 2. The lowest BCUT2D eigenvalue weighted by Gasteiger charge is -2.09. The zero-order valence-electron chi connectivity index (χ0n) is 11.2. The highest BCUT2D eigenvalue weighted by Crippen LogP contribution is 2.17. The standard InChI is InChI=1S/C14H18N4O/c1-15-13-9-14(18-10-17-13)16-8-7-11-5-3-4-6-12(11)19-2/h3-6,9-10H,7-8H2,1-2H3,(H2,15,16,17,18). The van der Waals surface area contributed by atoms with Crippen LogP contribution in [0.15, 0.2) is 36.7 Å². The number of para-hydroxylation sites is 1. The molecule has 19 heavy (non-hydrogen) atoms. The third-order valence-electron chi connectivity index (χ3n) is 2.82. The van der Waals surface area contributed by atoms with Crippen LogP contribution in [-0.4, -0.2) is 30.7 Å². The van der Waals surface area contributed by atoms with Gasteiger partial charge >= 0.3 is 0 Å². The van der Waals surface area contributed by atoms with Gasteiger partial charge in [-0.1, -0.05) is 18.2 Å². The van der Waals surface area contributed by atoms with Crippen LogP contribution in [-0.2, 0) is 6.42 Å². The molecule has 0 aliphatic heterocycles.